The molecule has 0 unspecified atom stereocenters. The molecule has 25 heavy (non-hydrogen) atoms. The molecule has 1 amide bonds. The number of carbonyl (C=O) groups is 2. The van der Waals surface area contributed by atoms with E-state index in [4.69, 9.17) is 0 Å². The van der Waals surface area contributed by atoms with Crippen LogP contribution in [0.1, 0.15) is 16.8 Å². The summed E-state index contributed by atoms with van der Waals surface area (Å²) in [6, 6.07) is 13.0. The van der Waals surface area contributed by atoms with Crippen LogP contribution >= 0.6 is 0 Å². The zero-order valence-electron chi connectivity index (χ0n) is 13.6. The Labute approximate surface area is 147 Å². The number of amides is 1. The van der Waals surface area contributed by atoms with Gasteiger partial charge in [-0.1, -0.05) is 24.3 Å². The van der Waals surface area contributed by atoms with Crippen LogP contribution in [0.25, 0.3) is 0 Å². The summed E-state index contributed by atoms with van der Waals surface area (Å²) in [4.78, 5) is 24.7. The van der Waals surface area contributed by atoms with Gasteiger partial charge in [-0.25, -0.2) is 9.18 Å². The lowest BCUT2D eigenvalue weighted by molar-refractivity contribution is -0.142. The summed E-state index contributed by atoms with van der Waals surface area (Å²) >= 11 is 0. The van der Waals surface area contributed by atoms with E-state index in [-0.39, 0.29) is 17.7 Å². The number of rotatable bonds is 7. The van der Waals surface area contributed by atoms with E-state index in [0.717, 1.165) is 6.07 Å². The second-order valence-electron chi connectivity index (χ2n) is 5.21. The molecular weight excluding hydrogens is 345 g/mol. The first kappa shape index (κ1) is 18.8. The fourth-order valence-electron chi connectivity index (χ4n) is 2.18. The molecule has 5 nitrogen and oxygen atoms in total. The summed E-state index contributed by atoms with van der Waals surface area (Å²) in [5.41, 5.74) is 0.0954. The maximum Gasteiger partial charge on any atom is 0.328 e. The van der Waals surface area contributed by atoms with Crippen LogP contribution < -0.4 is 5.32 Å². The molecule has 0 spiro atoms. The highest BCUT2D eigenvalue weighted by atomic mass is 32.2. The number of carbonyl (C=O) groups excluding carboxylic acids is 2. The van der Waals surface area contributed by atoms with Crippen molar-refractivity contribution in [3.63, 3.8) is 0 Å². The highest BCUT2D eigenvalue weighted by molar-refractivity contribution is 7.85. The van der Waals surface area contributed by atoms with E-state index in [1.165, 1.54) is 25.3 Å². The van der Waals surface area contributed by atoms with Crippen LogP contribution in [0.5, 0.6) is 0 Å². The minimum absolute atomic E-state index is 0.0954. The van der Waals surface area contributed by atoms with Crippen molar-refractivity contribution in [3.8, 4) is 0 Å². The second kappa shape index (κ2) is 9.08. The minimum Gasteiger partial charge on any atom is -0.467 e. The molecule has 1 N–H and O–H groups in total. The Hall–Kier alpha value is -2.54. The molecule has 0 saturated heterocycles. The standard InChI is InChI=1S/C18H18FNO4S/c1-24-18(22)16(10-11-25(23)15-8-3-2-4-9-15)20-17(21)13-6-5-7-14(19)12-13/h2-9,12,16H,10-11H2,1H3,(H,20,21)/t16-,25+/m1/s1. The highest BCUT2D eigenvalue weighted by Gasteiger charge is 2.23. The molecule has 0 heterocycles. The largest absolute Gasteiger partial charge is 0.467 e. The number of nitrogens with one attached hydrogen (secondary N) is 1. The molecule has 2 atom stereocenters. The SMILES string of the molecule is COC(=O)[C@@H](CC[S@](=O)c1ccccc1)NC(=O)c1cccc(F)c1. The molecule has 0 aromatic heterocycles. The van der Waals surface area contributed by atoms with E-state index < -0.39 is 34.5 Å². The smallest absolute Gasteiger partial charge is 0.328 e. The first-order chi connectivity index (χ1) is 12.0. The van der Waals surface area contributed by atoms with Crippen molar-refractivity contribution in [2.75, 3.05) is 12.9 Å². The van der Waals surface area contributed by atoms with Gasteiger partial charge in [0.2, 0.25) is 0 Å². The van der Waals surface area contributed by atoms with Crippen LogP contribution in [-0.4, -0.2) is 35.0 Å². The Morgan fingerprint density at radius 3 is 2.52 bits per heavy atom. The monoisotopic (exact) mass is 363 g/mol. The lowest BCUT2D eigenvalue weighted by Gasteiger charge is -2.16. The highest BCUT2D eigenvalue weighted by Crippen LogP contribution is 2.10. The molecule has 132 valence electrons. The van der Waals surface area contributed by atoms with Gasteiger partial charge in [0.25, 0.3) is 5.91 Å². The molecule has 0 radical (unpaired) electrons. The summed E-state index contributed by atoms with van der Waals surface area (Å²) in [5, 5.41) is 2.50. The Kier molecular flexibility index (Phi) is 6.82. The van der Waals surface area contributed by atoms with Gasteiger partial charge in [-0.15, -0.1) is 0 Å². The van der Waals surface area contributed by atoms with Gasteiger partial charge in [0, 0.05) is 16.2 Å². The average molecular weight is 363 g/mol. The summed E-state index contributed by atoms with van der Waals surface area (Å²) in [6.45, 7) is 0. The first-order valence-corrected chi connectivity index (χ1v) is 8.91. The van der Waals surface area contributed by atoms with E-state index in [1.807, 2.05) is 6.07 Å². The third-order valence-corrected chi connectivity index (χ3v) is 4.88. The number of benzene rings is 2. The van der Waals surface area contributed by atoms with Gasteiger partial charge in [0.15, 0.2) is 0 Å². The molecule has 2 aromatic rings. The van der Waals surface area contributed by atoms with Gasteiger partial charge in [-0.3, -0.25) is 9.00 Å². The van der Waals surface area contributed by atoms with Crippen molar-refractivity contribution in [2.24, 2.45) is 0 Å². The predicted molar refractivity (Wildman–Crippen MR) is 92.0 cm³/mol. The van der Waals surface area contributed by atoms with Gasteiger partial charge in [-0.2, -0.15) is 0 Å². The van der Waals surface area contributed by atoms with Crippen LogP contribution in [0.15, 0.2) is 59.5 Å². The molecule has 2 aromatic carbocycles. The third kappa shape index (κ3) is 5.49. The fourth-order valence-corrected chi connectivity index (χ4v) is 3.32. The Morgan fingerprint density at radius 2 is 1.88 bits per heavy atom. The molecule has 0 aliphatic carbocycles. The Balaban J connectivity index is 2.02. The number of ether oxygens (including phenoxy) is 1. The van der Waals surface area contributed by atoms with Crippen LogP contribution in [0.2, 0.25) is 0 Å². The van der Waals surface area contributed by atoms with Crippen molar-refractivity contribution in [3.05, 3.63) is 66.0 Å². The summed E-state index contributed by atoms with van der Waals surface area (Å²) in [6.07, 6.45) is 0.134. The molecule has 0 bridgehead atoms. The average Bonchev–Trinajstić information content (AvgIpc) is 2.64. The predicted octanol–water partition coefficient (Wildman–Crippen LogP) is 2.30. The maximum absolute atomic E-state index is 13.2. The first-order valence-electron chi connectivity index (χ1n) is 7.59. The molecule has 0 saturated carbocycles. The molecule has 0 fully saturated rings. The molecule has 2 rings (SSSR count). The number of halogens is 1. The zero-order chi connectivity index (χ0) is 18.2. The summed E-state index contributed by atoms with van der Waals surface area (Å²) < 4.78 is 30.2. The van der Waals surface area contributed by atoms with E-state index in [2.05, 4.69) is 10.1 Å². The van der Waals surface area contributed by atoms with Gasteiger partial charge >= 0.3 is 5.97 Å². The minimum atomic E-state index is -1.30. The lowest BCUT2D eigenvalue weighted by Crippen LogP contribution is -2.42. The van der Waals surface area contributed by atoms with E-state index in [9.17, 15) is 18.2 Å². The van der Waals surface area contributed by atoms with Crippen molar-refractivity contribution in [1.29, 1.82) is 0 Å². The summed E-state index contributed by atoms with van der Waals surface area (Å²) in [7, 11) is -0.0984. The third-order valence-electron chi connectivity index (χ3n) is 3.48. The van der Waals surface area contributed by atoms with Gasteiger partial charge < -0.3 is 10.1 Å². The van der Waals surface area contributed by atoms with Crippen molar-refractivity contribution >= 4 is 22.7 Å². The van der Waals surface area contributed by atoms with Gasteiger partial charge in [-0.05, 0) is 36.8 Å². The Bertz CT molecular complexity index is 767. The Morgan fingerprint density at radius 1 is 1.16 bits per heavy atom. The second-order valence-corrected chi connectivity index (χ2v) is 6.78. The maximum atomic E-state index is 13.2. The van der Waals surface area contributed by atoms with Crippen molar-refractivity contribution in [1.82, 2.24) is 5.32 Å². The lowest BCUT2D eigenvalue weighted by atomic mass is 10.1. The van der Waals surface area contributed by atoms with Crippen molar-refractivity contribution in [2.45, 2.75) is 17.4 Å². The number of hydrogen-bond acceptors (Lipinski definition) is 4. The molecular formula is C18H18FNO4S. The fraction of sp³-hybridized carbons (Fsp3) is 0.222. The van der Waals surface area contributed by atoms with Crippen LogP contribution in [0.3, 0.4) is 0 Å². The van der Waals surface area contributed by atoms with Crippen LogP contribution in [0.4, 0.5) is 4.39 Å². The normalized spacial score (nSPS) is 12.9. The van der Waals surface area contributed by atoms with E-state index >= 15 is 0 Å². The topological polar surface area (TPSA) is 72.5 Å². The molecule has 0 aliphatic rings. The zero-order valence-corrected chi connectivity index (χ0v) is 14.4. The number of methoxy groups -OCH3 is 1. The molecule has 7 heteroatoms. The number of esters is 1. The summed E-state index contributed by atoms with van der Waals surface area (Å²) in [5.74, 6) is -1.62. The van der Waals surface area contributed by atoms with Crippen LogP contribution in [-0.2, 0) is 20.3 Å². The van der Waals surface area contributed by atoms with Gasteiger partial charge in [0.05, 0.1) is 17.9 Å². The van der Waals surface area contributed by atoms with Crippen LogP contribution in [0, 0.1) is 5.82 Å². The quantitative estimate of drug-likeness (QED) is 0.766. The number of hydrogen-bond donors (Lipinski definition) is 1. The van der Waals surface area contributed by atoms with Crippen molar-refractivity contribution < 1.29 is 22.9 Å². The molecule has 0 aliphatic heterocycles. The van der Waals surface area contributed by atoms with E-state index in [1.54, 1.807) is 24.3 Å². The van der Waals surface area contributed by atoms with Gasteiger partial charge in [0.1, 0.15) is 11.9 Å². The van der Waals surface area contributed by atoms with E-state index in [0.29, 0.717) is 4.90 Å².